The fraction of sp³-hybridized carbons (Fsp3) is 0.818. The highest BCUT2D eigenvalue weighted by molar-refractivity contribution is 5.85. The Hall–Kier alpha value is -0.700. The summed E-state index contributed by atoms with van der Waals surface area (Å²) in [5.74, 6) is 0.686. The summed E-state index contributed by atoms with van der Waals surface area (Å²) in [5.41, 5.74) is -0.141. The fourth-order valence-corrected chi connectivity index (χ4v) is 2.82. The van der Waals surface area contributed by atoms with Gasteiger partial charge in [-0.15, -0.1) is 0 Å². The highest BCUT2D eigenvalue weighted by Gasteiger charge is 2.55. The fourth-order valence-electron chi connectivity index (χ4n) is 2.82. The number of rotatable bonds is 0. The van der Waals surface area contributed by atoms with E-state index in [0.717, 1.165) is 25.8 Å². The second-order valence-electron chi connectivity index (χ2n) is 5.28. The molecule has 78 valence electrons. The van der Waals surface area contributed by atoms with Crippen molar-refractivity contribution in [3.63, 3.8) is 0 Å². The van der Waals surface area contributed by atoms with Crippen molar-refractivity contribution in [2.75, 3.05) is 20.6 Å². The molecule has 0 aromatic heterocycles. The van der Waals surface area contributed by atoms with Gasteiger partial charge in [0.2, 0.25) is 0 Å². The second kappa shape index (κ2) is 2.89. The standard InChI is InChI=1S/C11H18NO2/c1-12(2)8-7-11(10(12)14)5-3-9(13)4-6-11/h3-8H2,1-2H3/q+1. The molecule has 1 heterocycles. The van der Waals surface area contributed by atoms with Crippen LogP contribution in [0.15, 0.2) is 0 Å². The monoisotopic (exact) mass is 196 g/mol. The summed E-state index contributed by atoms with van der Waals surface area (Å²) in [4.78, 5) is 23.3. The van der Waals surface area contributed by atoms with Gasteiger partial charge in [0.1, 0.15) is 5.78 Å². The number of carbonyl (C=O) groups is 2. The summed E-state index contributed by atoms with van der Waals surface area (Å²) in [5, 5.41) is 0. The van der Waals surface area contributed by atoms with Gasteiger partial charge in [-0.2, -0.15) is 0 Å². The first-order chi connectivity index (χ1) is 6.46. The van der Waals surface area contributed by atoms with Crippen LogP contribution in [0.1, 0.15) is 32.1 Å². The lowest BCUT2D eigenvalue weighted by atomic mass is 9.72. The Balaban J connectivity index is 2.19. The third-order valence-electron chi connectivity index (χ3n) is 3.92. The van der Waals surface area contributed by atoms with Crippen LogP contribution in [0, 0.1) is 5.41 Å². The zero-order chi connectivity index (χ0) is 10.4. The Morgan fingerprint density at radius 1 is 1.07 bits per heavy atom. The van der Waals surface area contributed by atoms with Gasteiger partial charge in [-0.05, 0) is 12.8 Å². The number of ketones is 1. The van der Waals surface area contributed by atoms with E-state index in [9.17, 15) is 9.59 Å². The van der Waals surface area contributed by atoms with E-state index in [1.54, 1.807) is 0 Å². The van der Waals surface area contributed by atoms with Crippen molar-refractivity contribution in [3.05, 3.63) is 0 Å². The van der Waals surface area contributed by atoms with Gasteiger partial charge in [0.15, 0.2) is 0 Å². The van der Waals surface area contributed by atoms with Crippen molar-refractivity contribution in [3.8, 4) is 0 Å². The molecule has 0 N–H and O–H groups in total. The Morgan fingerprint density at radius 2 is 1.64 bits per heavy atom. The highest BCUT2D eigenvalue weighted by atomic mass is 16.2. The van der Waals surface area contributed by atoms with Crippen LogP contribution in [0.2, 0.25) is 0 Å². The zero-order valence-corrected chi connectivity index (χ0v) is 9.01. The summed E-state index contributed by atoms with van der Waals surface area (Å²) < 4.78 is 0.508. The number of hydrogen-bond donors (Lipinski definition) is 0. The number of amides is 1. The van der Waals surface area contributed by atoms with Crippen molar-refractivity contribution in [1.29, 1.82) is 0 Å². The van der Waals surface area contributed by atoms with E-state index in [2.05, 4.69) is 0 Å². The smallest absolute Gasteiger partial charge is 0.300 e. The summed E-state index contributed by atoms with van der Waals surface area (Å²) >= 11 is 0. The lowest BCUT2D eigenvalue weighted by Gasteiger charge is -2.30. The molecule has 3 heteroatoms. The molecule has 0 bridgehead atoms. The molecule has 1 amide bonds. The molecule has 0 aromatic rings. The molecule has 0 radical (unpaired) electrons. The molecule has 3 nitrogen and oxygen atoms in total. The molecular weight excluding hydrogens is 178 g/mol. The Labute approximate surface area is 84.7 Å². The third kappa shape index (κ3) is 1.31. The quantitative estimate of drug-likeness (QED) is 0.544. The Bertz CT molecular complexity index is 284. The molecular formula is C11H18NO2+. The lowest BCUT2D eigenvalue weighted by molar-refractivity contribution is -0.805. The van der Waals surface area contributed by atoms with E-state index in [0.29, 0.717) is 29.0 Å². The predicted molar refractivity (Wildman–Crippen MR) is 52.5 cm³/mol. The maximum Gasteiger partial charge on any atom is 0.319 e. The van der Waals surface area contributed by atoms with Crippen LogP contribution in [0.4, 0.5) is 0 Å². The second-order valence-corrected chi connectivity index (χ2v) is 5.28. The minimum atomic E-state index is -0.141. The van der Waals surface area contributed by atoms with Gasteiger partial charge in [0.25, 0.3) is 0 Å². The first-order valence-corrected chi connectivity index (χ1v) is 5.36. The molecule has 2 aliphatic rings. The van der Waals surface area contributed by atoms with Gasteiger partial charge >= 0.3 is 5.91 Å². The van der Waals surface area contributed by atoms with Crippen molar-refractivity contribution in [2.24, 2.45) is 5.41 Å². The van der Waals surface area contributed by atoms with Gasteiger partial charge in [-0.3, -0.25) is 9.28 Å². The number of likely N-dealkylation sites (tertiary alicyclic amines) is 1. The Kier molecular flexibility index (Phi) is 2.03. The predicted octanol–water partition coefficient (Wildman–Crippen LogP) is 1.12. The van der Waals surface area contributed by atoms with E-state index in [4.69, 9.17) is 0 Å². The first kappa shape index (κ1) is 9.84. The molecule has 2 fully saturated rings. The van der Waals surface area contributed by atoms with Gasteiger partial charge in [-0.25, -0.2) is 4.79 Å². The van der Waals surface area contributed by atoms with Crippen LogP contribution >= 0.6 is 0 Å². The highest BCUT2D eigenvalue weighted by Crippen LogP contribution is 2.45. The summed E-state index contributed by atoms with van der Waals surface area (Å²) in [6.07, 6.45) is 3.81. The van der Waals surface area contributed by atoms with E-state index < -0.39 is 0 Å². The third-order valence-corrected chi connectivity index (χ3v) is 3.92. The van der Waals surface area contributed by atoms with E-state index in [-0.39, 0.29) is 5.41 Å². The molecule has 14 heavy (non-hydrogen) atoms. The number of hydrogen-bond acceptors (Lipinski definition) is 2. The number of carbonyl (C=O) groups excluding carboxylic acids is 2. The Morgan fingerprint density at radius 3 is 2.07 bits per heavy atom. The molecule has 1 saturated carbocycles. The maximum atomic E-state index is 12.2. The van der Waals surface area contributed by atoms with Crippen LogP contribution < -0.4 is 0 Å². The van der Waals surface area contributed by atoms with Crippen LogP contribution in [0.5, 0.6) is 0 Å². The molecule has 0 aromatic carbocycles. The SMILES string of the molecule is C[N+]1(C)CCC2(CCC(=O)CC2)C1=O. The summed E-state index contributed by atoms with van der Waals surface area (Å²) in [6.45, 7) is 0.938. The normalized spacial score (nSPS) is 29.9. The number of quaternary nitrogens is 1. The van der Waals surface area contributed by atoms with Crippen LogP contribution in [0.3, 0.4) is 0 Å². The van der Waals surface area contributed by atoms with Gasteiger partial charge < -0.3 is 0 Å². The van der Waals surface area contributed by atoms with Gasteiger partial charge in [0.05, 0.1) is 26.1 Å². The van der Waals surface area contributed by atoms with Gasteiger partial charge in [-0.1, -0.05) is 0 Å². The van der Waals surface area contributed by atoms with Gasteiger partial charge in [0, 0.05) is 19.3 Å². The van der Waals surface area contributed by atoms with Crippen molar-refractivity contribution < 1.29 is 14.1 Å². The van der Waals surface area contributed by atoms with Crippen molar-refractivity contribution in [1.82, 2.24) is 0 Å². The molecule has 0 atom stereocenters. The topological polar surface area (TPSA) is 34.1 Å². The van der Waals surface area contributed by atoms with Crippen molar-refractivity contribution in [2.45, 2.75) is 32.1 Å². The van der Waals surface area contributed by atoms with E-state index >= 15 is 0 Å². The lowest BCUT2D eigenvalue weighted by Crippen LogP contribution is -2.46. The van der Waals surface area contributed by atoms with E-state index in [1.165, 1.54) is 0 Å². The molecule has 1 spiro atoms. The first-order valence-electron chi connectivity index (χ1n) is 5.36. The van der Waals surface area contributed by atoms with Crippen molar-refractivity contribution >= 4 is 11.7 Å². The zero-order valence-electron chi connectivity index (χ0n) is 9.01. The summed E-state index contributed by atoms with van der Waals surface area (Å²) in [7, 11) is 3.96. The number of nitrogens with zero attached hydrogens (tertiary/aromatic N) is 1. The average Bonchev–Trinajstić information content (AvgIpc) is 2.36. The van der Waals surface area contributed by atoms with Crippen LogP contribution in [0.25, 0.3) is 0 Å². The minimum absolute atomic E-state index is 0.141. The maximum absolute atomic E-state index is 12.2. The number of Topliss-reactive ketones (excluding diaryl/α,β-unsaturated/α-hetero) is 1. The molecule has 2 rings (SSSR count). The molecule has 0 unspecified atom stereocenters. The largest absolute Gasteiger partial charge is 0.319 e. The van der Waals surface area contributed by atoms with Crippen LogP contribution in [-0.4, -0.2) is 36.8 Å². The summed E-state index contributed by atoms with van der Waals surface area (Å²) in [6, 6.07) is 0. The minimum Gasteiger partial charge on any atom is -0.300 e. The van der Waals surface area contributed by atoms with E-state index in [1.807, 2.05) is 14.1 Å². The average molecular weight is 196 g/mol. The molecule has 1 aliphatic carbocycles. The molecule has 1 saturated heterocycles. The molecule has 1 aliphatic heterocycles. The van der Waals surface area contributed by atoms with Crippen LogP contribution in [-0.2, 0) is 9.59 Å².